The maximum absolute atomic E-state index is 5.77. The molecule has 2 aromatic rings. The van der Waals surface area contributed by atoms with E-state index in [1.165, 1.54) is 5.39 Å². The van der Waals surface area contributed by atoms with Crippen LogP contribution in [-0.2, 0) is 6.54 Å². The Bertz CT molecular complexity index is 525. The Labute approximate surface area is 115 Å². The SMILES string of the molecule is CCCNCc1cc2ccccc2nc1OCCC. The highest BCUT2D eigenvalue weighted by Gasteiger charge is 2.07. The third kappa shape index (κ3) is 3.67. The number of nitrogens with one attached hydrogen (secondary N) is 1. The molecule has 0 radical (unpaired) electrons. The predicted molar refractivity (Wildman–Crippen MR) is 79.5 cm³/mol. The van der Waals surface area contributed by atoms with Crippen LogP contribution in [0, 0.1) is 0 Å². The topological polar surface area (TPSA) is 34.2 Å². The largest absolute Gasteiger partial charge is 0.477 e. The van der Waals surface area contributed by atoms with Crippen LogP contribution in [0.2, 0.25) is 0 Å². The van der Waals surface area contributed by atoms with Crippen molar-refractivity contribution < 1.29 is 4.74 Å². The van der Waals surface area contributed by atoms with Crippen LogP contribution >= 0.6 is 0 Å². The molecule has 1 aromatic carbocycles. The molecule has 2 rings (SSSR count). The molecule has 3 nitrogen and oxygen atoms in total. The molecular weight excluding hydrogens is 236 g/mol. The molecule has 0 aliphatic carbocycles. The van der Waals surface area contributed by atoms with Gasteiger partial charge in [0.2, 0.25) is 5.88 Å². The summed E-state index contributed by atoms with van der Waals surface area (Å²) >= 11 is 0. The van der Waals surface area contributed by atoms with E-state index in [0.717, 1.165) is 42.9 Å². The summed E-state index contributed by atoms with van der Waals surface area (Å²) in [6.07, 6.45) is 2.13. The van der Waals surface area contributed by atoms with E-state index in [2.05, 4.69) is 36.3 Å². The smallest absolute Gasteiger partial charge is 0.218 e. The summed E-state index contributed by atoms with van der Waals surface area (Å²) in [6.45, 7) is 6.81. The van der Waals surface area contributed by atoms with Crippen molar-refractivity contribution in [2.45, 2.75) is 33.2 Å². The van der Waals surface area contributed by atoms with Crippen molar-refractivity contribution in [1.82, 2.24) is 10.3 Å². The number of pyridine rings is 1. The van der Waals surface area contributed by atoms with Gasteiger partial charge >= 0.3 is 0 Å². The van der Waals surface area contributed by atoms with Crippen LogP contribution in [0.15, 0.2) is 30.3 Å². The minimum Gasteiger partial charge on any atom is -0.477 e. The van der Waals surface area contributed by atoms with Crippen LogP contribution in [0.25, 0.3) is 10.9 Å². The normalized spacial score (nSPS) is 10.8. The summed E-state index contributed by atoms with van der Waals surface area (Å²) in [6, 6.07) is 10.3. The van der Waals surface area contributed by atoms with E-state index in [1.54, 1.807) is 0 Å². The third-order valence-electron chi connectivity index (χ3n) is 2.95. The summed E-state index contributed by atoms with van der Waals surface area (Å²) < 4.78 is 5.77. The number of rotatable bonds is 7. The molecule has 0 saturated carbocycles. The van der Waals surface area contributed by atoms with Gasteiger partial charge in [-0.15, -0.1) is 0 Å². The average Bonchev–Trinajstić information content (AvgIpc) is 2.45. The van der Waals surface area contributed by atoms with E-state index in [4.69, 9.17) is 4.74 Å². The van der Waals surface area contributed by atoms with Gasteiger partial charge in [-0.05, 0) is 31.5 Å². The van der Waals surface area contributed by atoms with Gasteiger partial charge in [-0.2, -0.15) is 0 Å². The van der Waals surface area contributed by atoms with Gasteiger partial charge in [0.1, 0.15) is 0 Å². The summed E-state index contributed by atoms with van der Waals surface area (Å²) in [5.74, 6) is 0.768. The maximum Gasteiger partial charge on any atom is 0.218 e. The molecule has 0 spiro atoms. The van der Waals surface area contributed by atoms with Crippen LogP contribution in [0.4, 0.5) is 0 Å². The van der Waals surface area contributed by atoms with Gasteiger partial charge in [0.05, 0.1) is 12.1 Å². The molecule has 1 N–H and O–H groups in total. The lowest BCUT2D eigenvalue weighted by atomic mass is 10.1. The van der Waals surface area contributed by atoms with Gasteiger partial charge in [0, 0.05) is 17.5 Å². The number of ether oxygens (including phenoxy) is 1. The number of nitrogens with zero attached hydrogens (tertiary/aromatic N) is 1. The van der Waals surface area contributed by atoms with Gasteiger partial charge in [-0.1, -0.05) is 32.0 Å². The predicted octanol–water partition coefficient (Wildman–Crippen LogP) is 3.52. The van der Waals surface area contributed by atoms with Crippen LogP contribution in [0.5, 0.6) is 5.88 Å². The highest BCUT2D eigenvalue weighted by molar-refractivity contribution is 5.80. The molecule has 0 saturated heterocycles. The van der Waals surface area contributed by atoms with Crippen LogP contribution < -0.4 is 10.1 Å². The summed E-state index contributed by atoms with van der Waals surface area (Å²) in [5, 5.41) is 4.58. The van der Waals surface area contributed by atoms with E-state index in [0.29, 0.717) is 6.61 Å². The molecule has 0 aliphatic heterocycles. The van der Waals surface area contributed by atoms with E-state index in [9.17, 15) is 0 Å². The van der Waals surface area contributed by atoms with Crippen molar-refractivity contribution >= 4 is 10.9 Å². The lowest BCUT2D eigenvalue weighted by Crippen LogP contribution is -2.15. The molecule has 19 heavy (non-hydrogen) atoms. The fourth-order valence-electron chi connectivity index (χ4n) is 1.99. The Kier molecular flexibility index (Phi) is 5.16. The fourth-order valence-corrected chi connectivity index (χ4v) is 1.99. The number of aromatic nitrogens is 1. The first-order valence-corrected chi connectivity index (χ1v) is 7.07. The quantitative estimate of drug-likeness (QED) is 0.771. The Hall–Kier alpha value is -1.61. The third-order valence-corrected chi connectivity index (χ3v) is 2.95. The summed E-state index contributed by atoms with van der Waals surface area (Å²) in [4.78, 5) is 4.63. The lowest BCUT2D eigenvalue weighted by Gasteiger charge is -2.12. The Morgan fingerprint density at radius 3 is 2.79 bits per heavy atom. The van der Waals surface area contributed by atoms with Gasteiger partial charge in [-0.3, -0.25) is 0 Å². The number of hydrogen-bond acceptors (Lipinski definition) is 3. The molecule has 3 heteroatoms. The standard InChI is InChI=1S/C16H22N2O/c1-3-9-17-12-14-11-13-7-5-6-8-15(13)18-16(14)19-10-4-2/h5-8,11,17H,3-4,9-10,12H2,1-2H3. The van der Waals surface area contributed by atoms with E-state index in [1.807, 2.05) is 18.2 Å². The van der Waals surface area contributed by atoms with Crippen molar-refractivity contribution in [1.29, 1.82) is 0 Å². The van der Waals surface area contributed by atoms with E-state index >= 15 is 0 Å². The molecule has 0 amide bonds. The van der Waals surface area contributed by atoms with Crippen LogP contribution in [0.1, 0.15) is 32.3 Å². The second-order valence-corrected chi connectivity index (χ2v) is 4.67. The zero-order valence-corrected chi connectivity index (χ0v) is 11.8. The monoisotopic (exact) mass is 258 g/mol. The van der Waals surface area contributed by atoms with Crippen molar-refractivity contribution in [2.24, 2.45) is 0 Å². The summed E-state index contributed by atoms with van der Waals surface area (Å²) in [7, 11) is 0. The molecule has 0 unspecified atom stereocenters. The Morgan fingerprint density at radius 1 is 1.16 bits per heavy atom. The van der Waals surface area contributed by atoms with Gasteiger partial charge in [-0.25, -0.2) is 4.98 Å². The molecule has 0 bridgehead atoms. The van der Waals surface area contributed by atoms with Gasteiger partial charge in [0.25, 0.3) is 0 Å². The van der Waals surface area contributed by atoms with Crippen molar-refractivity contribution in [3.63, 3.8) is 0 Å². The first kappa shape index (κ1) is 13.8. The molecular formula is C16H22N2O. The lowest BCUT2D eigenvalue weighted by molar-refractivity contribution is 0.302. The molecule has 102 valence electrons. The number of benzene rings is 1. The maximum atomic E-state index is 5.77. The van der Waals surface area contributed by atoms with Crippen molar-refractivity contribution in [3.05, 3.63) is 35.9 Å². The van der Waals surface area contributed by atoms with Crippen molar-refractivity contribution in [3.8, 4) is 5.88 Å². The first-order chi connectivity index (χ1) is 9.35. The average molecular weight is 258 g/mol. The zero-order chi connectivity index (χ0) is 13.5. The minimum atomic E-state index is 0.714. The molecule has 0 fully saturated rings. The second-order valence-electron chi connectivity index (χ2n) is 4.67. The number of fused-ring (bicyclic) bond motifs is 1. The van der Waals surface area contributed by atoms with Crippen LogP contribution in [0.3, 0.4) is 0 Å². The summed E-state index contributed by atoms with van der Waals surface area (Å²) in [5.41, 5.74) is 2.13. The second kappa shape index (κ2) is 7.10. The van der Waals surface area contributed by atoms with Crippen molar-refractivity contribution in [2.75, 3.05) is 13.2 Å². The molecule has 0 atom stereocenters. The number of hydrogen-bond donors (Lipinski definition) is 1. The van der Waals surface area contributed by atoms with E-state index < -0.39 is 0 Å². The molecule has 1 heterocycles. The Balaban J connectivity index is 2.27. The Morgan fingerprint density at radius 2 is 2.00 bits per heavy atom. The number of para-hydroxylation sites is 1. The zero-order valence-electron chi connectivity index (χ0n) is 11.8. The van der Waals surface area contributed by atoms with E-state index in [-0.39, 0.29) is 0 Å². The molecule has 1 aromatic heterocycles. The highest BCUT2D eigenvalue weighted by atomic mass is 16.5. The fraction of sp³-hybridized carbons (Fsp3) is 0.438. The highest BCUT2D eigenvalue weighted by Crippen LogP contribution is 2.22. The first-order valence-electron chi connectivity index (χ1n) is 7.07. The van der Waals surface area contributed by atoms with Gasteiger partial charge < -0.3 is 10.1 Å². The van der Waals surface area contributed by atoms with Gasteiger partial charge in [0.15, 0.2) is 0 Å². The minimum absolute atomic E-state index is 0.714. The van der Waals surface area contributed by atoms with Crippen LogP contribution in [-0.4, -0.2) is 18.1 Å². The molecule has 0 aliphatic rings.